The van der Waals surface area contributed by atoms with E-state index < -0.39 is 11.4 Å². The van der Waals surface area contributed by atoms with Crippen molar-refractivity contribution in [3.63, 3.8) is 0 Å². The van der Waals surface area contributed by atoms with Crippen LogP contribution in [0.1, 0.15) is 5.56 Å². The molecule has 0 spiro atoms. The van der Waals surface area contributed by atoms with Gasteiger partial charge in [-0.1, -0.05) is 66.7 Å². The second kappa shape index (κ2) is 8.54. The minimum Gasteiger partial charge on any atom is -0.494 e. The molecule has 0 unspecified atom stereocenters. The molecular weight excluding hydrogens is 455 g/mol. The Hall–Kier alpha value is -4.64. The highest BCUT2D eigenvalue weighted by molar-refractivity contribution is 6.11. The number of fused-ring (bicyclic) bond motifs is 2. The third kappa shape index (κ3) is 3.48. The molecule has 0 atom stereocenters. The van der Waals surface area contributed by atoms with Gasteiger partial charge >= 0.3 is 5.63 Å². The molecule has 0 bridgehead atoms. The number of halogens is 1. The first kappa shape index (κ1) is 21.9. The Bertz CT molecular complexity index is 1800. The van der Waals surface area contributed by atoms with Crippen molar-refractivity contribution in [2.24, 2.45) is 0 Å². The molecular formula is C31H21FO4. The van der Waals surface area contributed by atoms with Crippen LogP contribution in [0.5, 0.6) is 5.75 Å². The lowest BCUT2D eigenvalue weighted by Crippen LogP contribution is -1.99. The van der Waals surface area contributed by atoms with Gasteiger partial charge in [-0.2, -0.15) is 0 Å². The van der Waals surface area contributed by atoms with Crippen LogP contribution in [0.15, 0.2) is 105 Å². The molecule has 36 heavy (non-hydrogen) atoms. The number of hydrogen-bond acceptors (Lipinski definition) is 4. The van der Waals surface area contributed by atoms with Crippen molar-refractivity contribution >= 4 is 21.9 Å². The van der Waals surface area contributed by atoms with Crippen LogP contribution in [0.2, 0.25) is 0 Å². The minimum absolute atomic E-state index is 0.169. The van der Waals surface area contributed by atoms with Crippen molar-refractivity contribution in [3.05, 3.63) is 113 Å². The summed E-state index contributed by atoms with van der Waals surface area (Å²) in [7, 11) is 1.44. The van der Waals surface area contributed by atoms with Gasteiger partial charge in [0.2, 0.25) is 0 Å². The Labute approximate surface area is 206 Å². The summed E-state index contributed by atoms with van der Waals surface area (Å²) < 4.78 is 32.1. The van der Waals surface area contributed by atoms with Gasteiger partial charge in [0.05, 0.1) is 7.11 Å². The predicted octanol–water partition coefficient (Wildman–Crippen LogP) is 8.00. The fraction of sp³-hybridized carbons (Fsp3) is 0.0645. The molecule has 0 aliphatic heterocycles. The van der Waals surface area contributed by atoms with Crippen molar-refractivity contribution < 1.29 is 18.0 Å². The zero-order valence-corrected chi connectivity index (χ0v) is 19.7. The molecule has 2 aromatic heterocycles. The highest BCUT2D eigenvalue weighted by Crippen LogP contribution is 2.45. The van der Waals surface area contributed by atoms with Gasteiger partial charge in [-0.15, -0.1) is 0 Å². The van der Waals surface area contributed by atoms with Gasteiger partial charge in [-0.25, -0.2) is 9.18 Å². The van der Waals surface area contributed by atoms with Crippen LogP contribution in [0.4, 0.5) is 4.39 Å². The number of aryl methyl sites for hydroxylation is 1. The molecule has 176 valence electrons. The fourth-order valence-electron chi connectivity index (χ4n) is 4.79. The second-order valence-corrected chi connectivity index (χ2v) is 8.62. The first-order chi connectivity index (χ1) is 17.5. The van der Waals surface area contributed by atoms with Crippen LogP contribution >= 0.6 is 0 Å². The van der Waals surface area contributed by atoms with E-state index in [9.17, 15) is 9.18 Å². The number of hydrogen-bond donors (Lipinski definition) is 0. The fourth-order valence-corrected chi connectivity index (χ4v) is 4.79. The summed E-state index contributed by atoms with van der Waals surface area (Å²) >= 11 is 0. The monoisotopic (exact) mass is 476 g/mol. The van der Waals surface area contributed by atoms with Crippen molar-refractivity contribution in [1.29, 1.82) is 0 Å². The molecule has 0 saturated heterocycles. The summed E-state index contributed by atoms with van der Waals surface area (Å²) in [5.41, 5.74) is 5.25. The Kier molecular flexibility index (Phi) is 5.19. The van der Waals surface area contributed by atoms with E-state index in [2.05, 4.69) is 0 Å². The average molecular weight is 477 g/mol. The van der Waals surface area contributed by atoms with E-state index in [0.29, 0.717) is 28.1 Å². The summed E-state index contributed by atoms with van der Waals surface area (Å²) in [4.78, 5) is 12.5. The van der Waals surface area contributed by atoms with Crippen LogP contribution in [-0.2, 0) is 0 Å². The van der Waals surface area contributed by atoms with Gasteiger partial charge in [0, 0.05) is 33.5 Å². The number of benzene rings is 4. The molecule has 4 aromatic carbocycles. The van der Waals surface area contributed by atoms with E-state index >= 15 is 0 Å². The van der Waals surface area contributed by atoms with Gasteiger partial charge in [0.15, 0.2) is 11.6 Å². The summed E-state index contributed by atoms with van der Waals surface area (Å²) in [5, 5.41) is 1.58. The van der Waals surface area contributed by atoms with Crippen molar-refractivity contribution in [3.8, 4) is 39.3 Å². The summed E-state index contributed by atoms with van der Waals surface area (Å²) in [6.45, 7) is 1.87. The molecule has 0 amide bonds. The Morgan fingerprint density at radius 3 is 2.06 bits per heavy atom. The van der Waals surface area contributed by atoms with Crippen LogP contribution in [0.25, 0.3) is 55.5 Å². The largest absolute Gasteiger partial charge is 0.494 e. The molecule has 0 aliphatic carbocycles. The Morgan fingerprint density at radius 2 is 1.39 bits per heavy atom. The van der Waals surface area contributed by atoms with Gasteiger partial charge in [0.1, 0.15) is 16.9 Å². The number of methoxy groups -OCH3 is 1. The van der Waals surface area contributed by atoms with Crippen molar-refractivity contribution in [1.82, 2.24) is 0 Å². The van der Waals surface area contributed by atoms with Gasteiger partial charge in [-0.05, 0) is 41.8 Å². The van der Waals surface area contributed by atoms with Gasteiger partial charge < -0.3 is 13.6 Å². The quantitative estimate of drug-likeness (QED) is 0.242. The maximum absolute atomic E-state index is 14.8. The molecule has 6 rings (SSSR count). The van der Waals surface area contributed by atoms with E-state index in [1.54, 1.807) is 6.07 Å². The Balaban J connectivity index is 1.75. The van der Waals surface area contributed by atoms with E-state index in [1.165, 1.54) is 19.2 Å². The average Bonchev–Trinajstić information content (AvgIpc) is 3.29. The summed E-state index contributed by atoms with van der Waals surface area (Å²) in [6, 6.07) is 27.8. The lowest BCUT2D eigenvalue weighted by Gasteiger charge is -2.09. The minimum atomic E-state index is -0.461. The molecule has 0 fully saturated rings. The highest BCUT2D eigenvalue weighted by atomic mass is 19.1. The SMILES string of the molecule is COc1ccc(-c2c(-c3ccccc3)oc3c(C)c4oc(=O)cc(-c5ccccc5)c4cc23)cc1F. The molecule has 5 heteroatoms. The molecule has 0 aliphatic rings. The molecule has 2 heterocycles. The Morgan fingerprint density at radius 1 is 0.722 bits per heavy atom. The first-order valence-electron chi connectivity index (χ1n) is 11.5. The molecule has 0 N–H and O–H groups in total. The van der Waals surface area contributed by atoms with Crippen LogP contribution in [0, 0.1) is 12.7 Å². The zero-order valence-electron chi connectivity index (χ0n) is 19.7. The lowest BCUT2D eigenvalue weighted by atomic mass is 9.94. The van der Waals surface area contributed by atoms with E-state index in [1.807, 2.05) is 79.7 Å². The number of ether oxygens (including phenoxy) is 1. The second-order valence-electron chi connectivity index (χ2n) is 8.62. The predicted molar refractivity (Wildman–Crippen MR) is 140 cm³/mol. The molecule has 4 nitrogen and oxygen atoms in total. The van der Waals surface area contributed by atoms with Gasteiger partial charge in [-0.3, -0.25) is 0 Å². The standard InChI is InChI=1S/C31H21FO4/c1-18-29-23(22(17-27(33)35-29)19-9-5-3-6-10-19)16-24-28(21-13-14-26(34-2)25(32)15-21)31(36-30(18)24)20-11-7-4-8-12-20/h3-17H,1-2H3. The van der Waals surface area contributed by atoms with E-state index in [0.717, 1.165) is 33.0 Å². The van der Waals surface area contributed by atoms with Crippen LogP contribution in [-0.4, -0.2) is 7.11 Å². The summed E-state index contributed by atoms with van der Waals surface area (Å²) in [6.07, 6.45) is 0. The zero-order chi connectivity index (χ0) is 24.8. The van der Waals surface area contributed by atoms with Crippen molar-refractivity contribution in [2.45, 2.75) is 6.92 Å². The smallest absolute Gasteiger partial charge is 0.336 e. The van der Waals surface area contributed by atoms with E-state index in [4.69, 9.17) is 13.6 Å². The highest BCUT2D eigenvalue weighted by Gasteiger charge is 2.23. The maximum Gasteiger partial charge on any atom is 0.336 e. The topological polar surface area (TPSA) is 52.6 Å². The number of furan rings is 1. The van der Waals surface area contributed by atoms with Crippen LogP contribution < -0.4 is 10.4 Å². The third-order valence-corrected chi connectivity index (χ3v) is 6.48. The maximum atomic E-state index is 14.8. The number of rotatable bonds is 4. The van der Waals surface area contributed by atoms with Crippen molar-refractivity contribution in [2.75, 3.05) is 7.11 Å². The van der Waals surface area contributed by atoms with Crippen LogP contribution in [0.3, 0.4) is 0 Å². The van der Waals surface area contributed by atoms with E-state index in [-0.39, 0.29) is 5.75 Å². The molecule has 0 saturated carbocycles. The third-order valence-electron chi connectivity index (χ3n) is 6.48. The van der Waals surface area contributed by atoms with Gasteiger partial charge in [0.25, 0.3) is 0 Å². The first-order valence-corrected chi connectivity index (χ1v) is 11.5. The molecule has 0 radical (unpaired) electrons. The normalized spacial score (nSPS) is 11.3. The summed E-state index contributed by atoms with van der Waals surface area (Å²) in [5.74, 6) is 0.316. The lowest BCUT2D eigenvalue weighted by molar-refractivity contribution is 0.386. The molecule has 6 aromatic rings.